The number of hydrogen-bond acceptors (Lipinski definition) is 3. The Morgan fingerprint density at radius 3 is 2.80 bits per heavy atom. The quantitative estimate of drug-likeness (QED) is 0.733. The first kappa shape index (κ1) is 12.7. The third kappa shape index (κ3) is 4.31. The third-order valence-corrected chi connectivity index (χ3v) is 3.06. The molecule has 3 nitrogen and oxygen atoms in total. The predicted octanol–water partition coefficient (Wildman–Crippen LogP) is 1.89. The van der Waals surface area contributed by atoms with Crippen LogP contribution in [0.15, 0.2) is 0 Å². The molecule has 3 heteroatoms. The summed E-state index contributed by atoms with van der Waals surface area (Å²) in [4.78, 5) is 11.6. The van der Waals surface area contributed by atoms with Crippen LogP contribution in [0.5, 0.6) is 0 Å². The van der Waals surface area contributed by atoms with Crippen molar-refractivity contribution < 1.29 is 9.53 Å². The second-order valence-corrected chi connectivity index (χ2v) is 4.76. The fraction of sp³-hybridized carbons (Fsp3) is 0.917. The van der Waals surface area contributed by atoms with Gasteiger partial charge in [0, 0.05) is 13.0 Å². The molecule has 0 radical (unpaired) electrons. The first-order valence-electron chi connectivity index (χ1n) is 6.01. The van der Waals surface area contributed by atoms with Gasteiger partial charge in [-0.1, -0.05) is 13.8 Å². The van der Waals surface area contributed by atoms with Crippen molar-refractivity contribution >= 4 is 5.78 Å². The Balaban J connectivity index is 2.11. The molecule has 0 spiro atoms. The van der Waals surface area contributed by atoms with Gasteiger partial charge >= 0.3 is 0 Å². The maximum Gasteiger partial charge on any atom is 0.149 e. The molecule has 0 aromatic rings. The lowest BCUT2D eigenvalue weighted by atomic mass is 9.96. The summed E-state index contributed by atoms with van der Waals surface area (Å²) in [5, 5.41) is 0. The molecule has 0 amide bonds. The number of Topliss-reactive ketones (excluding diaryl/α,β-unsaturated/α-hetero) is 1. The molecule has 1 rings (SSSR count). The number of carbonyl (C=O) groups is 1. The largest absolute Gasteiger partial charge is 0.378 e. The van der Waals surface area contributed by atoms with E-state index < -0.39 is 0 Å². The van der Waals surface area contributed by atoms with Crippen molar-refractivity contribution in [2.24, 2.45) is 11.7 Å². The van der Waals surface area contributed by atoms with E-state index in [1.165, 1.54) is 6.42 Å². The Labute approximate surface area is 92.4 Å². The zero-order chi connectivity index (χ0) is 11.3. The van der Waals surface area contributed by atoms with Gasteiger partial charge in [-0.05, 0) is 31.6 Å². The van der Waals surface area contributed by atoms with Crippen LogP contribution >= 0.6 is 0 Å². The summed E-state index contributed by atoms with van der Waals surface area (Å²) in [6.07, 6.45) is 5.27. The lowest BCUT2D eigenvalue weighted by molar-refractivity contribution is -0.121. The molecule has 1 aliphatic rings. The van der Waals surface area contributed by atoms with E-state index in [9.17, 15) is 4.79 Å². The monoisotopic (exact) mass is 213 g/mol. The van der Waals surface area contributed by atoms with Crippen LogP contribution in [-0.4, -0.2) is 24.5 Å². The van der Waals surface area contributed by atoms with Crippen LogP contribution in [-0.2, 0) is 9.53 Å². The lowest BCUT2D eigenvalue weighted by Crippen LogP contribution is -2.35. The van der Waals surface area contributed by atoms with E-state index in [4.69, 9.17) is 10.5 Å². The van der Waals surface area contributed by atoms with Gasteiger partial charge in [0.1, 0.15) is 5.78 Å². The summed E-state index contributed by atoms with van der Waals surface area (Å²) in [7, 11) is 0. The van der Waals surface area contributed by atoms with Gasteiger partial charge in [-0.15, -0.1) is 0 Å². The number of carbonyl (C=O) groups excluding carboxylic acids is 1. The highest BCUT2D eigenvalue weighted by Crippen LogP contribution is 2.18. The SMILES string of the molecule is CC(C)C(N)C(=O)CCCC1CCCO1. The molecule has 1 fully saturated rings. The van der Waals surface area contributed by atoms with Gasteiger partial charge in [0.2, 0.25) is 0 Å². The lowest BCUT2D eigenvalue weighted by Gasteiger charge is -2.14. The van der Waals surface area contributed by atoms with Gasteiger partial charge in [0.05, 0.1) is 12.1 Å². The fourth-order valence-corrected chi connectivity index (χ4v) is 1.91. The van der Waals surface area contributed by atoms with Gasteiger partial charge < -0.3 is 10.5 Å². The second kappa shape index (κ2) is 6.23. The van der Waals surface area contributed by atoms with Crippen LogP contribution in [0.25, 0.3) is 0 Å². The average Bonchev–Trinajstić information content (AvgIpc) is 2.69. The van der Waals surface area contributed by atoms with Crippen LogP contribution in [0.2, 0.25) is 0 Å². The molecule has 0 aromatic heterocycles. The van der Waals surface area contributed by atoms with Crippen LogP contribution in [0, 0.1) is 5.92 Å². The summed E-state index contributed by atoms with van der Waals surface area (Å²) < 4.78 is 5.50. The summed E-state index contributed by atoms with van der Waals surface area (Å²) in [6.45, 7) is 4.87. The molecule has 1 saturated heterocycles. The smallest absolute Gasteiger partial charge is 0.149 e. The van der Waals surface area contributed by atoms with E-state index in [0.717, 1.165) is 25.9 Å². The number of rotatable bonds is 6. The summed E-state index contributed by atoms with van der Waals surface area (Å²) in [5.74, 6) is 0.447. The Bertz CT molecular complexity index is 198. The van der Waals surface area contributed by atoms with Crippen LogP contribution in [0.1, 0.15) is 46.0 Å². The summed E-state index contributed by atoms with van der Waals surface area (Å²) in [5.41, 5.74) is 5.77. The third-order valence-electron chi connectivity index (χ3n) is 3.06. The fourth-order valence-electron chi connectivity index (χ4n) is 1.91. The van der Waals surface area contributed by atoms with Gasteiger partial charge in [-0.3, -0.25) is 4.79 Å². The first-order valence-corrected chi connectivity index (χ1v) is 6.01. The second-order valence-electron chi connectivity index (χ2n) is 4.76. The Morgan fingerprint density at radius 1 is 1.53 bits per heavy atom. The molecular weight excluding hydrogens is 190 g/mol. The summed E-state index contributed by atoms with van der Waals surface area (Å²) in [6, 6.07) is -0.283. The molecule has 2 N–H and O–H groups in total. The topological polar surface area (TPSA) is 52.3 Å². The van der Waals surface area contributed by atoms with Crippen molar-refractivity contribution in [2.45, 2.75) is 58.1 Å². The molecule has 0 bridgehead atoms. The minimum atomic E-state index is -0.283. The van der Waals surface area contributed by atoms with E-state index >= 15 is 0 Å². The molecule has 15 heavy (non-hydrogen) atoms. The van der Waals surface area contributed by atoms with Gasteiger partial charge in [0.15, 0.2) is 0 Å². The van der Waals surface area contributed by atoms with Crippen molar-refractivity contribution in [1.29, 1.82) is 0 Å². The number of nitrogens with two attached hydrogens (primary N) is 1. The first-order chi connectivity index (χ1) is 7.11. The molecule has 1 aliphatic heterocycles. The normalized spacial score (nSPS) is 23.3. The zero-order valence-electron chi connectivity index (χ0n) is 9.87. The highest BCUT2D eigenvalue weighted by atomic mass is 16.5. The van der Waals surface area contributed by atoms with Crippen molar-refractivity contribution in [2.75, 3.05) is 6.61 Å². The zero-order valence-corrected chi connectivity index (χ0v) is 9.87. The number of hydrogen-bond donors (Lipinski definition) is 1. The van der Waals surface area contributed by atoms with Crippen molar-refractivity contribution in [3.63, 3.8) is 0 Å². The minimum Gasteiger partial charge on any atom is -0.378 e. The van der Waals surface area contributed by atoms with Crippen molar-refractivity contribution in [3.8, 4) is 0 Å². The van der Waals surface area contributed by atoms with Crippen molar-refractivity contribution in [3.05, 3.63) is 0 Å². The molecule has 0 aliphatic carbocycles. The van der Waals surface area contributed by atoms with E-state index in [2.05, 4.69) is 0 Å². The van der Waals surface area contributed by atoms with E-state index in [0.29, 0.717) is 12.5 Å². The highest BCUT2D eigenvalue weighted by Gasteiger charge is 2.19. The van der Waals surface area contributed by atoms with Crippen LogP contribution in [0.4, 0.5) is 0 Å². The number of ether oxygens (including phenoxy) is 1. The minimum absolute atomic E-state index is 0.197. The van der Waals surface area contributed by atoms with Gasteiger partial charge in [0.25, 0.3) is 0 Å². The Kier molecular flexibility index (Phi) is 5.26. The molecular formula is C12H23NO2. The maximum atomic E-state index is 11.6. The van der Waals surface area contributed by atoms with Gasteiger partial charge in [-0.25, -0.2) is 0 Å². The van der Waals surface area contributed by atoms with Crippen LogP contribution < -0.4 is 5.73 Å². The molecule has 2 unspecified atom stereocenters. The molecule has 1 heterocycles. The van der Waals surface area contributed by atoms with E-state index in [-0.39, 0.29) is 17.7 Å². The molecule has 0 aromatic carbocycles. The van der Waals surface area contributed by atoms with Crippen molar-refractivity contribution in [1.82, 2.24) is 0 Å². The highest BCUT2D eigenvalue weighted by molar-refractivity contribution is 5.83. The Morgan fingerprint density at radius 2 is 2.27 bits per heavy atom. The van der Waals surface area contributed by atoms with E-state index in [1.807, 2.05) is 13.8 Å². The number of ketones is 1. The molecule has 88 valence electrons. The average molecular weight is 213 g/mol. The molecule has 2 atom stereocenters. The standard InChI is InChI=1S/C12H23NO2/c1-9(2)12(13)11(14)7-3-5-10-6-4-8-15-10/h9-10,12H,3-8,13H2,1-2H3. The van der Waals surface area contributed by atoms with E-state index in [1.54, 1.807) is 0 Å². The summed E-state index contributed by atoms with van der Waals surface area (Å²) >= 11 is 0. The molecule has 0 saturated carbocycles. The maximum absolute atomic E-state index is 11.6. The van der Waals surface area contributed by atoms with Crippen LogP contribution in [0.3, 0.4) is 0 Å². The Hall–Kier alpha value is -0.410. The van der Waals surface area contributed by atoms with Gasteiger partial charge in [-0.2, -0.15) is 0 Å². The predicted molar refractivity (Wildman–Crippen MR) is 60.6 cm³/mol.